The molecule has 2 aromatic heterocycles. The van der Waals surface area contributed by atoms with Gasteiger partial charge >= 0.3 is 5.97 Å². The van der Waals surface area contributed by atoms with Crippen LogP contribution in [0.4, 0.5) is 5.82 Å². The number of piperidine rings is 1. The van der Waals surface area contributed by atoms with Gasteiger partial charge < -0.3 is 15.3 Å². The molecule has 0 unspecified atom stereocenters. The minimum Gasteiger partial charge on any atom is -0.480 e. The largest absolute Gasteiger partial charge is 0.480 e. The van der Waals surface area contributed by atoms with Crippen molar-refractivity contribution in [3.05, 3.63) is 64.9 Å². The third-order valence-electron chi connectivity index (χ3n) is 6.47. The molecule has 1 fully saturated rings. The molecule has 0 spiro atoms. The average Bonchev–Trinajstić information content (AvgIpc) is 3.25. The fourth-order valence-electron chi connectivity index (χ4n) is 4.67. The molecule has 0 amide bonds. The third-order valence-corrected chi connectivity index (χ3v) is 7.05. The van der Waals surface area contributed by atoms with E-state index in [4.69, 9.17) is 28.2 Å². The van der Waals surface area contributed by atoms with Crippen molar-refractivity contribution in [2.75, 3.05) is 24.5 Å². The summed E-state index contributed by atoms with van der Waals surface area (Å²) in [5.74, 6) is 0.491. The number of halogens is 2. The zero-order chi connectivity index (χ0) is 24.6. The number of imidazole rings is 1. The van der Waals surface area contributed by atoms with Gasteiger partial charge in [0.15, 0.2) is 17.0 Å². The maximum atomic E-state index is 12.0. The number of aliphatic carboxylic acids is 1. The predicted molar refractivity (Wildman–Crippen MR) is 138 cm³/mol. The van der Waals surface area contributed by atoms with Crippen LogP contribution in [0, 0.1) is 0 Å². The second kappa shape index (κ2) is 9.45. The van der Waals surface area contributed by atoms with Gasteiger partial charge in [-0.3, -0.25) is 9.36 Å². The molecule has 3 heterocycles. The van der Waals surface area contributed by atoms with Crippen LogP contribution in [0.15, 0.2) is 54.9 Å². The van der Waals surface area contributed by atoms with Crippen molar-refractivity contribution in [2.24, 2.45) is 0 Å². The van der Waals surface area contributed by atoms with Crippen LogP contribution < -0.4 is 10.2 Å². The molecule has 4 aromatic rings. The van der Waals surface area contributed by atoms with Gasteiger partial charge in [-0.15, -0.1) is 0 Å². The topological polar surface area (TPSA) is 96.2 Å². The minimum atomic E-state index is -0.928. The summed E-state index contributed by atoms with van der Waals surface area (Å²) in [5.41, 5.74) is 1.94. The number of anilines is 1. The molecule has 35 heavy (non-hydrogen) atoms. The Kier molecular flexibility index (Phi) is 6.35. The molecule has 0 bridgehead atoms. The van der Waals surface area contributed by atoms with Crippen molar-refractivity contribution in [1.82, 2.24) is 24.8 Å². The van der Waals surface area contributed by atoms with Crippen molar-refractivity contribution in [1.29, 1.82) is 0 Å². The van der Waals surface area contributed by atoms with E-state index in [0.29, 0.717) is 65.3 Å². The van der Waals surface area contributed by atoms with E-state index in [1.165, 1.54) is 6.33 Å². The summed E-state index contributed by atoms with van der Waals surface area (Å²) in [6.07, 6.45) is 2.43. The Morgan fingerprint density at radius 1 is 1.09 bits per heavy atom. The normalized spacial score (nSPS) is 15.5. The Morgan fingerprint density at radius 3 is 2.46 bits per heavy atom. The van der Waals surface area contributed by atoms with Crippen molar-refractivity contribution >= 4 is 46.2 Å². The maximum Gasteiger partial charge on any atom is 0.324 e. The number of aromatic nitrogens is 4. The number of carboxylic acids is 1. The average molecular weight is 511 g/mol. The van der Waals surface area contributed by atoms with E-state index < -0.39 is 11.5 Å². The standard InChI is InChI=1S/C25H24Cl2N6O2/c1-2-30-25(24(34)35)11-13-32(14-12-25)22-20-23(29-15-28-22)33(17-9-7-16(26)8-10-17)21(31-20)18-5-3-4-6-19(18)27/h3-10,15,30H,2,11-14H2,1H3,(H,34,35). The van der Waals surface area contributed by atoms with E-state index in [-0.39, 0.29) is 0 Å². The first kappa shape index (κ1) is 23.5. The highest BCUT2D eigenvalue weighted by atomic mass is 35.5. The van der Waals surface area contributed by atoms with Gasteiger partial charge in [0.25, 0.3) is 0 Å². The molecule has 1 aliphatic heterocycles. The fourth-order valence-corrected chi connectivity index (χ4v) is 5.02. The van der Waals surface area contributed by atoms with Crippen LogP contribution in [0.25, 0.3) is 28.2 Å². The number of hydrogen-bond donors (Lipinski definition) is 2. The molecule has 8 nitrogen and oxygen atoms in total. The summed E-state index contributed by atoms with van der Waals surface area (Å²) in [4.78, 5) is 28.2. The van der Waals surface area contributed by atoms with Crippen molar-refractivity contribution in [3.63, 3.8) is 0 Å². The number of hydrogen-bond acceptors (Lipinski definition) is 6. The molecule has 10 heteroatoms. The lowest BCUT2D eigenvalue weighted by atomic mass is 9.87. The lowest BCUT2D eigenvalue weighted by Crippen LogP contribution is -2.58. The molecule has 0 saturated carbocycles. The van der Waals surface area contributed by atoms with Crippen LogP contribution in [0.5, 0.6) is 0 Å². The second-order valence-electron chi connectivity index (χ2n) is 8.50. The molecule has 5 rings (SSSR count). The monoisotopic (exact) mass is 510 g/mol. The van der Waals surface area contributed by atoms with Gasteiger partial charge in [0.2, 0.25) is 0 Å². The molecular formula is C25H24Cl2N6O2. The zero-order valence-corrected chi connectivity index (χ0v) is 20.6. The van der Waals surface area contributed by atoms with Gasteiger partial charge in [0.05, 0.1) is 5.02 Å². The van der Waals surface area contributed by atoms with E-state index in [9.17, 15) is 9.90 Å². The van der Waals surface area contributed by atoms with Crippen molar-refractivity contribution in [3.8, 4) is 17.1 Å². The number of fused-ring (bicyclic) bond motifs is 1. The van der Waals surface area contributed by atoms with E-state index in [0.717, 1.165) is 11.3 Å². The van der Waals surface area contributed by atoms with Gasteiger partial charge in [-0.05, 0) is 55.8 Å². The number of likely N-dealkylation sites (N-methyl/N-ethyl adjacent to an activating group) is 1. The summed E-state index contributed by atoms with van der Waals surface area (Å²) in [5, 5.41) is 14.2. The van der Waals surface area contributed by atoms with Crippen LogP contribution in [-0.2, 0) is 4.79 Å². The molecule has 0 atom stereocenters. The summed E-state index contributed by atoms with van der Waals surface area (Å²) < 4.78 is 1.95. The SMILES string of the molecule is CCNC1(C(=O)O)CCN(c2ncnc3c2nc(-c2ccccc2Cl)n3-c2ccc(Cl)cc2)CC1. The molecule has 2 N–H and O–H groups in total. The number of benzene rings is 2. The first-order chi connectivity index (χ1) is 16.9. The van der Waals surface area contributed by atoms with Crippen LogP contribution in [0.2, 0.25) is 10.0 Å². The number of carboxylic acid groups (broad SMARTS) is 1. The van der Waals surface area contributed by atoms with Crippen LogP contribution in [0.3, 0.4) is 0 Å². The Hall–Kier alpha value is -3.20. The molecule has 2 aromatic carbocycles. The van der Waals surface area contributed by atoms with Gasteiger partial charge in [-0.1, -0.05) is 42.3 Å². The number of carbonyl (C=O) groups is 1. The summed E-state index contributed by atoms with van der Waals surface area (Å²) in [6, 6.07) is 15.0. The highest BCUT2D eigenvalue weighted by Crippen LogP contribution is 2.36. The van der Waals surface area contributed by atoms with Gasteiger partial charge in [0.1, 0.15) is 17.7 Å². The smallest absolute Gasteiger partial charge is 0.324 e. The molecule has 1 saturated heterocycles. The maximum absolute atomic E-state index is 12.0. The van der Waals surface area contributed by atoms with Crippen LogP contribution >= 0.6 is 23.2 Å². The van der Waals surface area contributed by atoms with Crippen LogP contribution in [-0.4, -0.2) is 55.8 Å². The van der Waals surface area contributed by atoms with E-state index in [1.807, 2.05) is 60.0 Å². The van der Waals surface area contributed by atoms with Gasteiger partial charge in [0, 0.05) is 29.4 Å². The minimum absolute atomic E-state index is 0.455. The van der Waals surface area contributed by atoms with Gasteiger partial charge in [-0.25, -0.2) is 15.0 Å². The van der Waals surface area contributed by atoms with Crippen molar-refractivity contribution in [2.45, 2.75) is 25.3 Å². The predicted octanol–water partition coefficient (Wildman–Crippen LogP) is 4.82. The Bertz CT molecular complexity index is 1380. The number of nitrogens with one attached hydrogen (secondary N) is 1. The molecule has 0 aliphatic carbocycles. The molecule has 0 radical (unpaired) electrons. The van der Waals surface area contributed by atoms with E-state index in [1.54, 1.807) is 0 Å². The first-order valence-electron chi connectivity index (χ1n) is 11.4. The quantitative estimate of drug-likeness (QED) is 0.383. The molecular weight excluding hydrogens is 487 g/mol. The summed E-state index contributed by atoms with van der Waals surface area (Å²) in [6.45, 7) is 3.57. The molecule has 1 aliphatic rings. The highest BCUT2D eigenvalue weighted by Gasteiger charge is 2.41. The summed E-state index contributed by atoms with van der Waals surface area (Å²) >= 11 is 12.7. The second-order valence-corrected chi connectivity index (χ2v) is 9.34. The lowest BCUT2D eigenvalue weighted by molar-refractivity contribution is -0.145. The number of rotatable bonds is 6. The molecule has 180 valence electrons. The van der Waals surface area contributed by atoms with Gasteiger partial charge in [-0.2, -0.15) is 0 Å². The first-order valence-corrected chi connectivity index (χ1v) is 12.2. The fraction of sp³-hybridized carbons (Fsp3) is 0.280. The Morgan fingerprint density at radius 2 is 1.80 bits per heavy atom. The van der Waals surface area contributed by atoms with E-state index in [2.05, 4.69) is 20.2 Å². The third kappa shape index (κ3) is 4.22. The number of nitrogens with zero attached hydrogens (tertiary/aromatic N) is 5. The van der Waals surface area contributed by atoms with E-state index >= 15 is 0 Å². The lowest BCUT2D eigenvalue weighted by Gasteiger charge is -2.39. The van der Waals surface area contributed by atoms with Crippen molar-refractivity contribution < 1.29 is 9.90 Å². The Balaban J connectivity index is 1.63. The highest BCUT2D eigenvalue weighted by molar-refractivity contribution is 6.33. The van der Waals surface area contributed by atoms with Crippen LogP contribution in [0.1, 0.15) is 19.8 Å². The zero-order valence-electron chi connectivity index (χ0n) is 19.1. The summed E-state index contributed by atoms with van der Waals surface area (Å²) in [7, 11) is 0. The Labute approximate surface area is 212 Å².